The van der Waals surface area contributed by atoms with E-state index >= 15 is 0 Å². The summed E-state index contributed by atoms with van der Waals surface area (Å²) >= 11 is 6.78. The summed E-state index contributed by atoms with van der Waals surface area (Å²) in [5, 5.41) is 0. The molecule has 0 aliphatic carbocycles. The molecule has 1 aliphatic rings. The highest BCUT2D eigenvalue weighted by molar-refractivity contribution is 9.11. The van der Waals surface area contributed by atoms with Crippen LogP contribution >= 0.6 is 31.9 Å². The third-order valence-electron chi connectivity index (χ3n) is 3.75. The highest BCUT2D eigenvalue weighted by Gasteiger charge is 2.32. The smallest absolute Gasteiger partial charge is 0.244 e. The van der Waals surface area contributed by atoms with Crippen molar-refractivity contribution in [3.8, 4) is 0 Å². The highest BCUT2D eigenvalue weighted by atomic mass is 79.9. The van der Waals surface area contributed by atoms with E-state index in [1.165, 1.54) is 0 Å². The number of hydrogen-bond donors (Lipinski definition) is 0. The van der Waals surface area contributed by atoms with Crippen molar-refractivity contribution in [2.24, 2.45) is 0 Å². The summed E-state index contributed by atoms with van der Waals surface area (Å²) in [5.74, 6) is 0. The van der Waals surface area contributed by atoms with Crippen LogP contribution in [-0.4, -0.2) is 50.3 Å². The van der Waals surface area contributed by atoms with Gasteiger partial charge < -0.3 is 4.90 Å². The molecule has 1 aliphatic heterocycles. The van der Waals surface area contributed by atoms with E-state index in [1.54, 1.807) is 10.4 Å². The minimum absolute atomic E-state index is 0.228. The number of piperazine rings is 1. The Morgan fingerprint density at radius 3 is 2.45 bits per heavy atom. The topological polar surface area (TPSA) is 40.6 Å². The molecule has 1 saturated heterocycles. The van der Waals surface area contributed by atoms with Gasteiger partial charge >= 0.3 is 0 Å². The minimum atomic E-state index is -3.46. The second kappa shape index (κ2) is 6.04. The molecule has 1 fully saturated rings. The first-order valence-corrected chi connectivity index (χ1v) is 9.42. The molecular weight excluding hydrogens is 408 g/mol. The molecule has 0 radical (unpaired) electrons. The highest BCUT2D eigenvalue weighted by Crippen LogP contribution is 2.31. The molecule has 112 valence electrons. The second-order valence-corrected chi connectivity index (χ2v) is 8.84. The van der Waals surface area contributed by atoms with E-state index in [0.717, 1.165) is 16.6 Å². The van der Waals surface area contributed by atoms with Crippen molar-refractivity contribution in [2.45, 2.75) is 24.8 Å². The third-order valence-corrected chi connectivity index (χ3v) is 7.43. The summed E-state index contributed by atoms with van der Waals surface area (Å²) in [4.78, 5) is 2.50. The first-order valence-electron chi connectivity index (χ1n) is 6.39. The maximum atomic E-state index is 12.8. The van der Waals surface area contributed by atoms with Crippen LogP contribution in [0.1, 0.15) is 12.5 Å². The molecule has 0 saturated carbocycles. The van der Waals surface area contributed by atoms with Gasteiger partial charge in [-0.2, -0.15) is 4.31 Å². The maximum Gasteiger partial charge on any atom is 0.244 e. The van der Waals surface area contributed by atoms with Crippen molar-refractivity contribution in [1.29, 1.82) is 0 Å². The summed E-state index contributed by atoms with van der Waals surface area (Å²) < 4.78 is 28.6. The summed E-state index contributed by atoms with van der Waals surface area (Å²) in [7, 11) is -1.44. The van der Waals surface area contributed by atoms with Crippen molar-refractivity contribution in [3.05, 3.63) is 26.6 Å². The monoisotopic (exact) mass is 424 g/mol. The molecule has 0 N–H and O–H groups in total. The number of nitrogens with zero attached hydrogens (tertiary/aromatic N) is 2. The first-order chi connectivity index (χ1) is 9.23. The maximum absolute atomic E-state index is 12.8. The van der Waals surface area contributed by atoms with Gasteiger partial charge in [-0.3, -0.25) is 0 Å². The predicted octanol–water partition coefficient (Wildman–Crippen LogP) is 2.84. The number of halogens is 2. The molecule has 0 aromatic heterocycles. The van der Waals surface area contributed by atoms with Crippen LogP contribution in [0.3, 0.4) is 0 Å². The Morgan fingerprint density at radius 1 is 1.20 bits per heavy atom. The SMILES string of the molecule is Cc1cc(Br)c(S(=O)(=O)N2CCN(C)C(C)C2)cc1Br. The van der Waals surface area contributed by atoms with Gasteiger partial charge in [-0.1, -0.05) is 15.9 Å². The van der Waals surface area contributed by atoms with E-state index in [0.29, 0.717) is 22.5 Å². The number of rotatable bonds is 2. The van der Waals surface area contributed by atoms with Gasteiger partial charge in [0.15, 0.2) is 0 Å². The van der Waals surface area contributed by atoms with E-state index in [4.69, 9.17) is 0 Å². The lowest BCUT2D eigenvalue weighted by molar-refractivity contribution is 0.159. The van der Waals surface area contributed by atoms with Crippen molar-refractivity contribution in [2.75, 3.05) is 26.7 Å². The number of hydrogen-bond acceptors (Lipinski definition) is 3. The lowest BCUT2D eigenvalue weighted by Crippen LogP contribution is -2.51. The van der Waals surface area contributed by atoms with Crippen LogP contribution in [0.25, 0.3) is 0 Å². The standard InChI is InChI=1S/C13H18Br2N2O2S/c1-9-6-12(15)13(7-11(9)14)20(18,19)17-5-4-16(3)10(2)8-17/h6-7,10H,4-5,8H2,1-3H3. The zero-order valence-corrected chi connectivity index (χ0v) is 15.7. The van der Waals surface area contributed by atoms with Crippen LogP contribution in [0.2, 0.25) is 0 Å². The van der Waals surface area contributed by atoms with Crippen molar-refractivity contribution >= 4 is 41.9 Å². The van der Waals surface area contributed by atoms with Gasteiger partial charge in [0.1, 0.15) is 0 Å². The molecule has 1 unspecified atom stereocenters. The Morgan fingerprint density at radius 2 is 1.85 bits per heavy atom. The Bertz CT molecular complexity index is 619. The Kier molecular flexibility index (Phi) is 4.96. The van der Waals surface area contributed by atoms with Crippen molar-refractivity contribution < 1.29 is 8.42 Å². The van der Waals surface area contributed by atoms with Crippen LogP contribution in [0.15, 0.2) is 26.0 Å². The zero-order valence-electron chi connectivity index (χ0n) is 11.7. The Hall–Kier alpha value is 0.0500. The number of benzene rings is 1. The molecule has 0 amide bonds. The van der Waals surface area contributed by atoms with Crippen LogP contribution in [0.4, 0.5) is 0 Å². The average molecular weight is 426 g/mol. The number of sulfonamides is 1. The fraction of sp³-hybridized carbons (Fsp3) is 0.538. The quantitative estimate of drug-likeness (QED) is 0.731. The van der Waals surface area contributed by atoms with Gasteiger partial charge in [0.2, 0.25) is 10.0 Å². The van der Waals surface area contributed by atoms with Gasteiger partial charge in [-0.05, 0) is 54.5 Å². The summed E-state index contributed by atoms with van der Waals surface area (Å²) in [5.41, 5.74) is 1.00. The van der Waals surface area contributed by atoms with Gasteiger partial charge in [-0.25, -0.2) is 8.42 Å². The average Bonchev–Trinajstić information content (AvgIpc) is 2.36. The third kappa shape index (κ3) is 3.11. The molecule has 2 rings (SSSR count). The van der Waals surface area contributed by atoms with Crippen molar-refractivity contribution in [3.63, 3.8) is 0 Å². The normalized spacial score (nSPS) is 22.1. The van der Waals surface area contributed by atoms with Crippen LogP contribution < -0.4 is 0 Å². The summed E-state index contributed by atoms with van der Waals surface area (Å²) in [6.07, 6.45) is 0. The van der Waals surface area contributed by atoms with E-state index in [2.05, 4.69) is 36.8 Å². The zero-order chi connectivity index (χ0) is 15.1. The van der Waals surface area contributed by atoms with Gasteiger partial charge in [0.05, 0.1) is 4.90 Å². The minimum Gasteiger partial charge on any atom is -0.301 e. The molecule has 1 aromatic carbocycles. The van der Waals surface area contributed by atoms with E-state index in [9.17, 15) is 8.42 Å². The predicted molar refractivity (Wildman–Crippen MR) is 87.4 cm³/mol. The first kappa shape index (κ1) is 16.4. The molecule has 0 spiro atoms. The summed E-state index contributed by atoms with van der Waals surface area (Å²) in [6.45, 7) is 5.79. The molecule has 20 heavy (non-hydrogen) atoms. The van der Waals surface area contributed by atoms with Crippen molar-refractivity contribution in [1.82, 2.24) is 9.21 Å². The summed E-state index contributed by atoms with van der Waals surface area (Å²) in [6, 6.07) is 3.74. The molecule has 7 heteroatoms. The van der Waals surface area contributed by atoms with E-state index in [-0.39, 0.29) is 6.04 Å². The van der Waals surface area contributed by atoms with Gasteiger partial charge in [-0.15, -0.1) is 0 Å². The lowest BCUT2D eigenvalue weighted by atomic mass is 10.2. The van der Waals surface area contributed by atoms with Crippen LogP contribution in [0, 0.1) is 6.92 Å². The molecular formula is C13H18Br2N2O2S. The number of likely N-dealkylation sites (N-methyl/N-ethyl adjacent to an activating group) is 1. The lowest BCUT2D eigenvalue weighted by Gasteiger charge is -2.37. The molecule has 1 atom stereocenters. The fourth-order valence-corrected chi connectivity index (χ4v) is 5.35. The van der Waals surface area contributed by atoms with Crippen LogP contribution in [-0.2, 0) is 10.0 Å². The van der Waals surface area contributed by atoms with E-state index in [1.807, 2.05) is 27.0 Å². The van der Waals surface area contributed by atoms with Gasteiger partial charge in [0.25, 0.3) is 0 Å². The Balaban J connectivity index is 2.38. The second-order valence-electron chi connectivity index (χ2n) is 5.22. The Labute approximate surface area is 137 Å². The fourth-order valence-electron chi connectivity index (χ4n) is 2.20. The largest absolute Gasteiger partial charge is 0.301 e. The number of aryl methyl sites for hydroxylation is 1. The molecule has 0 bridgehead atoms. The molecule has 1 heterocycles. The van der Waals surface area contributed by atoms with Gasteiger partial charge in [0, 0.05) is 34.6 Å². The molecule has 4 nitrogen and oxygen atoms in total. The molecule has 1 aromatic rings. The van der Waals surface area contributed by atoms with E-state index < -0.39 is 10.0 Å². The van der Waals surface area contributed by atoms with Crippen LogP contribution in [0.5, 0.6) is 0 Å².